The molecule has 8 atom stereocenters. The zero-order valence-corrected chi connectivity index (χ0v) is 20.3. The minimum Gasteiger partial charge on any atom is -0.390 e. The second kappa shape index (κ2) is 7.68. The molecule has 0 heterocycles. The average Bonchev–Trinajstić information content (AvgIpc) is 2.99. The van der Waals surface area contributed by atoms with E-state index in [9.17, 15) is 5.11 Å². The predicted molar refractivity (Wildman–Crippen MR) is 124 cm³/mol. The molecule has 1 N–H and O–H groups in total. The van der Waals surface area contributed by atoms with Gasteiger partial charge in [0.05, 0.1) is 5.60 Å². The van der Waals surface area contributed by atoms with Gasteiger partial charge in [0.2, 0.25) is 0 Å². The van der Waals surface area contributed by atoms with Crippen LogP contribution < -0.4 is 0 Å². The van der Waals surface area contributed by atoms with Gasteiger partial charge in [0, 0.05) is 0 Å². The van der Waals surface area contributed by atoms with Crippen molar-refractivity contribution in [2.24, 2.45) is 46.3 Å². The molecule has 0 aliphatic heterocycles. The lowest BCUT2D eigenvalue weighted by Gasteiger charge is -2.59. The van der Waals surface area contributed by atoms with Crippen LogP contribution in [0.2, 0.25) is 0 Å². The summed E-state index contributed by atoms with van der Waals surface area (Å²) in [6.45, 7) is 14.6. The van der Waals surface area contributed by atoms with Gasteiger partial charge in [-0.3, -0.25) is 0 Å². The number of aliphatic hydroxyl groups is 1. The van der Waals surface area contributed by atoms with E-state index in [2.05, 4.69) is 47.6 Å². The van der Waals surface area contributed by atoms with Gasteiger partial charge in [0.15, 0.2) is 0 Å². The second-order valence-electron chi connectivity index (χ2n) is 13.0. The molecular weight excluding hydrogens is 352 g/mol. The Morgan fingerprint density at radius 1 is 0.966 bits per heavy atom. The van der Waals surface area contributed by atoms with Crippen molar-refractivity contribution in [2.75, 3.05) is 0 Å². The normalized spacial score (nSPS) is 47.9. The maximum Gasteiger partial charge on any atom is 0.0657 e. The number of rotatable bonds is 5. The quantitative estimate of drug-likeness (QED) is 0.467. The summed E-state index contributed by atoms with van der Waals surface area (Å²) in [4.78, 5) is 0. The molecule has 3 saturated carbocycles. The minimum atomic E-state index is -0.467. The van der Waals surface area contributed by atoms with Gasteiger partial charge in [0.25, 0.3) is 0 Å². The molecule has 0 saturated heterocycles. The van der Waals surface area contributed by atoms with Crippen LogP contribution >= 0.6 is 0 Å². The fraction of sp³-hybridized carbons (Fsp3) is 0.929. The Morgan fingerprint density at radius 2 is 1.72 bits per heavy atom. The monoisotopic (exact) mass is 400 g/mol. The van der Waals surface area contributed by atoms with Gasteiger partial charge in [-0.25, -0.2) is 0 Å². The molecule has 0 amide bonds. The van der Waals surface area contributed by atoms with Crippen LogP contribution in [0, 0.1) is 46.3 Å². The van der Waals surface area contributed by atoms with Crippen molar-refractivity contribution in [3.63, 3.8) is 0 Å². The zero-order chi connectivity index (χ0) is 21.0. The lowest BCUT2D eigenvalue weighted by Crippen LogP contribution is -2.52. The molecule has 4 aliphatic carbocycles. The van der Waals surface area contributed by atoms with Crippen LogP contribution in [0.4, 0.5) is 0 Å². The summed E-state index contributed by atoms with van der Waals surface area (Å²) >= 11 is 0. The number of hydrogen-bond acceptors (Lipinski definition) is 1. The van der Waals surface area contributed by atoms with E-state index in [1.54, 1.807) is 5.57 Å². The summed E-state index contributed by atoms with van der Waals surface area (Å²) in [5, 5.41) is 10.7. The summed E-state index contributed by atoms with van der Waals surface area (Å²) in [6.07, 6.45) is 17.1. The van der Waals surface area contributed by atoms with Crippen LogP contribution in [0.3, 0.4) is 0 Å². The third kappa shape index (κ3) is 3.77. The summed E-state index contributed by atoms with van der Waals surface area (Å²) in [7, 11) is 0. The number of allylic oxidation sites excluding steroid dienone is 1. The maximum atomic E-state index is 10.7. The highest BCUT2D eigenvalue weighted by atomic mass is 16.3. The first-order valence-corrected chi connectivity index (χ1v) is 13.0. The Kier molecular flexibility index (Phi) is 5.81. The number of hydrogen-bond donors (Lipinski definition) is 1. The van der Waals surface area contributed by atoms with E-state index in [1.807, 2.05) is 0 Å². The molecule has 1 nitrogen and oxygen atoms in total. The van der Waals surface area contributed by atoms with E-state index in [0.717, 1.165) is 48.3 Å². The Balaban J connectivity index is 1.50. The molecule has 0 bridgehead atoms. The van der Waals surface area contributed by atoms with Crippen LogP contribution in [0.1, 0.15) is 112 Å². The highest BCUT2D eigenvalue weighted by Gasteiger charge is 2.59. The molecule has 0 aromatic rings. The SMILES string of the molecule is CC(C)CCC[C@@H](C)[C@@H]1CC[C@@H]2[C@@H]3CC=C4C[C@](C)(O)CC[C@]4(C)[C@@H]3CC[C@@]21C. The molecule has 0 aromatic heterocycles. The molecule has 3 fully saturated rings. The van der Waals surface area contributed by atoms with Crippen molar-refractivity contribution >= 4 is 0 Å². The summed E-state index contributed by atoms with van der Waals surface area (Å²) < 4.78 is 0. The summed E-state index contributed by atoms with van der Waals surface area (Å²) in [5.41, 5.74) is 2.09. The smallest absolute Gasteiger partial charge is 0.0657 e. The van der Waals surface area contributed by atoms with Crippen molar-refractivity contribution in [1.29, 1.82) is 0 Å². The van der Waals surface area contributed by atoms with Crippen LogP contribution in [0.5, 0.6) is 0 Å². The summed E-state index contributed by atoms with van der Waals surface area (Å²) in [6, 6.07) is 0. The molecular formula is C28H48O. The van der Waals surface area contributed by atoms with Crippen LogP contribution in [0.15, 0.2) is 11.6 Å². The van der Waals surface area contributed by atoms with Crippen molar-refractivity contribution in [1.82, 2.24) is 0 Å². The first-order valence-electron chi connectivity index (χ1n) is 13.0. The van der Waals surface area contributed by atoms with Gasteiger partial charge in [-0.2, -0.15) is 0 Å². The lowest BCUT2D eigenvalue weighted by atomic mass is 9.46. The van der Waals surface area contributed by atoms with E-state index in [4.69, 9.17) is 0 Å². The van der Waals surface area contributed by atoms with Gasteiger partial charge in [-0.1, -0.05) is 65.5 Å². The highest BCUT2D eigenvalue weighted by molar-refractivity contribution is 5.26. The predicted octanol–water partition coefficient (Wildman–Crippen LogP) is 7.78. The molecule has 0 unspecified atom stereocenters. The average molecular weight is 401 g/mol. The fourth-order valence-electron chi connectivity index (χ4n) is 8.83. The van der Waals surface area contributed by atoms with Gasteiger partial charge in [-0.15, -0.1) is 0 Å². The van der Waals surface area contributed by atoms with E-state index in [-0.39, 0.29) is 0 Å². The third-order valence-electron chi connectivity index (χ3n) is 10.6. The Morgan fingerprint density at radius 3 is 2.45 bits per heavy atom. The fourth-order valence-corrected chi connectivity index (χ4v) is 8.83. The van der Waals surface area contributed by atoms with Gasteiger partial charge < -0.3 is 5.11 Å². The molecule has 1 heteroatoms. The maximum absolute atomic E-state index is 10.7. The zero-order valence-electron chi connectivity index (χ0n) is 20.3. The van der Waals surface area contributed by atoms with E-state index in [1.165, 1.54) is 57.8 Å². The molecule has 4 rings (SSSR count). The Hall–Kier alpha value is -0.300. The molecule has 0 spiro atoms. The minimum absolute atomic E-state index is 0.369. The molecule has 166 valence electrons. The van der Waals surface area contributed by atoms with Crippen molar-refractivity contribution in [3.8, 4) is 0 Å². The largest absolute Gasteiger partial charge is 0.390 e. The van der Waals surface area contributed by atoms with E-state index >= 15 is 0 Å². The van der Waals surface area contributed by atoms with Crippen LogP contribution in [-0.4, -0.2) is 10.7 Å². The first-order chi connectivity index (χ1) is 13.6. The standard InChI is InChI=1S/C28H48O/c1-19(2)8-7-9-20(3)23-12-13-24-22-11-10-21-18-26(4,29)16-17-27(21,5)25(22)14-15-28(23,24)6/h10,19-20,22-25,29H,7-9,11-18H2,1-6H3/t20-,22+,23+,24-,25-,26-,27+,28-/m1/s1. The first kappa shape index (κ1) is 21.9. The number of fused-ring (bicyclic) bond motifs is 5. The van der Waals surface area contributed by atoms with Crippen LogP contribution in [0.25, 0.3) is 0 Å². The van der Waals surface area contributed by atoms with Gasteiger partial charge in [0.1, 0.15) is 0 Å². The van der Waals surface area contributed by atoms with E-state index < -0.39 is 5.60 Å². The summed E-state index contributed by atoms with van der Waals surface area (Å²) in [5.74, 6) is 5.41. The van der Waals surface area contributed by atoms with Crippen molar-refractivity contribution in [2.45, 2.75) is 118 Å². The molecule has 0 aromatic carbocycles. The Bertz CT molecular complexity index is 630. The van der Waals surface area contributed by atoms with Crippen LogP contribution in [-0.2, 0) is 0 Å². The van der Waals surface area contributed by atoms with Crippen molar-refractivity contribution in [3.05, 3.63) is 11.6 Å². The Labute approximate surface area is 181 Å². The van der Waals surface area contributed by atoms with E-state index in [0.29, 0.717) is 10.8 Å². The van der Waals surface area contributed by atoms with Crippen molar-refractivity contribution < 1.29 is 5.11 Å². The molecule has 4 aliphatic rings. The highest BCUT2D eigenvalue weighted by Crippen LogP contribution is 2.67. The third-order valence-corrected chi connectivity index (χ3v) is 10.6. The van der Waals surface area contributed by atoms with Gasteiger partial charge >= 0.3 is 0 Å². The lowest BCUT2D eigenvalue weighted by molar-refractivity contribution is -0.0705. The second-order valence-corrected chi connectivity index (χ2v) is 13.0. The molecule has 0 radical (unpaired) electrons. The molecule has 29 heavy (non-hydrogen) atoms. The topological polar surface area (TPSA) is 20.2 Å². The van der Waals surface area contributed by atoms with Gasteiger partial charge in [-0.05, 0) is 105 Å².